The predicted molar refractivity (Wildman–Crippen MR) is 135 cm³/mol. The van der Waals surface area contributed by atoms with Crippen molar-refractivity contribution in [2.45, 2.75) is 38.6 Å². The van der Waals surface area contributed by atoms with Gasteiger partial charge in [-0.05, 0) is 55.2 Å². The van der Waals surface area contributed by atoms with Gasteiger partial charge in [-0.3, -0.25) is 15.7 Å². The van der Waals surface area contributed by atoms with Crippen molar-refractivity contribution in [1.29, 1.82) is 10.8 Å². The van der Waals surface area contributed by atoms with E-state index in [-0.39, 0.29) is 17.2 Å². The van der Waals surface area contributed by atoms with E-state index in [9.17, 15) is 0 Å². The maximum absolute atomic E-state index is 8.95. The minimum Gasteiger partial charge on any atom is -0.338 e. The fourth-order valence-electron chi connectivity index (χ4n) is 4.03. The van der Waals surface area contributed by atoms with Crippen molar-refractivity contribution in [3.63, 3.8) is 0 Å². The van der Waals surface area contributed by atoms with Crippen LogP contribution in [0.3, 0.4) is 0 Å². The summed E-state index contributed by atoms with van der Waals surface area (Å²) in [6.07, 6.45) is 4.86. The third-order valence-corrected chi connectivity index (χ3v) is 6.44. The van der Waals surface area contributed by atoms with Crippen LogP contribution in [0.5, 0.6) is 0 Å². The number of pyridine rings is 1. The summed E-state index contributed by atoms with van der Waals surface area (Å²) in [5.41, 5.74) is 10.2. The molecule has 5 rings (SSSR count). The molecule has 1 saturated carbocycles. The van der Waals surface area contributed by atoms with E-state index in [0.717, 1.165) is 40.5 Å². The van der Waals surface area contributed by atoms with Crippen molar-refractivity contribution in [3.05, 3.63) is 82.0 Å². The van der Waals surface area contributed by atoms with Crippen LogP contribution in [0.2, 0.25) is 0 Å². The molecule has 3 aromatic rings. The van der Waals surface area contributed by atoms with Crippen LogP contribution < -0.4 is 16.0 Å². The number of fused-ring (bicyclic) bond motifs is 2. The number of rotatable bonds is 2. The summed E-state index contributed by atoms with van der Waals surface area (Å²) in [4.78, 5) is 6.08. The topological polar surface area (TPSA) is 102 Å². The Labute approximate surface area is 197 Å². The number of halogens is 1. The highest BCUT2D eigenvalue weighted by atomic mass is 79.9. The van der Waals surface area contributed by atoms with Gasteiger partial charge in [0.1, 0.15) is 11.7 Å². The first-order valence-corrected chi connectivity index (χ1v) is 11.6. The molecule has 0 radical (unpaired) electrons. The fourth-order valence-corrected chi connectivity index (χ4v) is 4.39. The Morgan fingerprint density at radius 1 is 1.12 bits per heavy atom. The van der Waals surface area contributed by atoms with Crippen LogP contribution in [0.25, 0.3) is 0 Å². The quantitative estimate of drug-likeness (QED) is 0.256. The molecular formula is C25H27BrN6. The van der Waals surface area contributed by atoms with Gasteiger partial charge < -0.3 is 11.1 Å². The number of nitrogens with one attached hydrogen (secondary N) is 3. The zero-order valence-corrected chi connectivity index (χ0v) is 19.8. The molecule has 1 aliphatic carbocycles. The van der Waals surface area contributed by atoms with Crippen molar-refractivity contribution in [3.8, 4) is 0 Å². The highest BCUT2D eigenvalue weighted by Gasteiger charge is 2.34. The SMILES string of the molecule is CC.N=C(c1ccc(C2(N)CCC2)cc1)N1C(=N)c2cc(Br)ccc2Nc2ncccc21. The molecule has 2 heterocycles. The lowest BCUT2D eigenvalue weighted by atomic mass is 9.73. The number of nitrogens with zero attached hydrogens (tertiary/aromatic N) is 2. The van der Waals surface area contributed by atoms with E-state index in [1.807, 2.05) is 68.4 Å². The maximum atomic E-state index is 8.95. The van der Waals surface area contributed by atoms with Crippen molar-refractivity contribution in [1.82, 2.24) is 4.98 Å². The molecule has 5 N–H and O–H groups in total. The Morgan fingerprint density at radius 3 is 2.50 bits per heavy atom. The predicted octanol–water partition coefficient (Wildman–Crippen LogP) is 6.12. The molecule has 6 nitrogen and oxygen atoms in total. The van der Waals surface area contributed by atoms with Crippen LogP contribution in [0, 0.1) is 10.8 Å². The molecule has 0 amide bonds. The summed E-state index contributed by atoms with van der Waals surface area (Å²) in [5, 5.41) is 21.2. The Bertz CT molecular complexity index is 1170. The van der Waals surface area contributed by atoms with Crippen molar-refractivity contribution >= 4 is 44.8 Å². The number of aromatic nitrogens is 1. The second-order valence-corrected chi connectivity index (χ2v) is 8.72. The molecule has 0 unspecified atom stereocenters. The molecule has 1 aliphatic heterocycles. The molecule has 32 heavy (non-hydrogen) atoms. The molecule has 7 heteroatoms. The highest BCUT2D eigenvalue weighted by Crippen LogP contribution is 2.39. The zero-order valence-electron chi connectivity index (χ0n) is 18.2. The Morgan fingerprint density at radius 2 is 1.84 bits per heavy atom. The number of amidine groups is 2. The molecule has 2 aliphatic rings. The summed E-state index contributed by atoms with van der Waals surface area (Å²) in [5.74, 6) is 1.05. The second-order valence-electron chi connectivity index (χ2n) is 7.81. The summed E-state index contributed by atoms with van der Waals surface area (Å²) < 4.78 is 0.872. The standard InChI is InChI=1S/C23H21BrN6.C2H6/c24-16-8-9-18-17(13-16)21(26)30(19-3-1-12-28-22(19)29-18)20(25)14-4-6-15(7-5-14)23(27)10-2-11-23;1-2/h1,3-9,12-13,25-26H,2,10-11,27H2,(H,28,29);1-2H3. The average molecular weight is 491 g/mol. The Balaban J connectivity index is 0.00000119. The number of hydrogen-bond acceptors (Lipinski definition) is 5. The van der Waals surface area contributed by atoms with E-state index >= 15 is 0 Å². The van der Waals surface area contributed by atoms with Gasteiger partial charge in [0, 0.05) is 27.3 Å². The molecule has 2 aromatic carbocycles. The van der Waals surface area contributed by atoms with E-state index in [1.54, 1.807) is 11.1 Å². The van der Waals surface area contributed by atoms with Crippen LogP contribution >= 0.6 is 15.9 Å². The first-order valence-electron chi connectivity index (χ1n) is 10.9. The smallest absolute Gasteiger partial charge is 0.154 e. The van der Waals surface area contributed by atoms with E-state index in [2.05, 4.69) is 26.2 Å². The average Bonchev–Trinajstić information content (AvgIpc) is 2.92. The van der Waals surface area contributed by atoms with Gasteiger partial charge in [-0.1, -0.05) is 54.0 Å². The molecular weight excluding hydrogens is 464 g/mol. The first kappa shape index (κ1) is 22.2. The molecule has 164 valence electrons. The number of anilines is 3. The van der Waals surface area contributed by atoms with Gasteiger partial charge in [-0.2, -0.15) is 0 Å². The van der Waals surface area contributed by atoms with Crippen molar-refractivity contribution in [2.24, 2.45) is 5.73 Å². The molecule has 0 bridgehead atoms. The van der Waals surface area contributed by atoms with E-state index in [0.29, 0.717) is 17.1 Å². The van der Waals surface area contributed by atoms with Crippen LogP contribution in [-0.4, -0.2) is 16.7 Å². The lowest BCUT2D eigenvalue weighted by Gasteiger charge is -2.38. The minimum atomic E-state index is -0.234. The third-order valence-electron chi connectivity index (χ3n) is 5.94. The number of benzene rings is 2. The van der Waals surface area contributed by atoms with Crippen LogP contribution in [0.1, 0.15) is 49.8 Å². The summed E-state index contributed by atoms with van der Waals surface area (Å²) in [7, 11) is 0. The molecule has 0 spiro atoms. The van der Waals surface area contributed by atoms with Crippen LogP contribution in [0.4, 0.5) is 17.2 Å². The molecule has 0 atom stereocenters. The summed E-state index contributed by atoms with van der Waals surface area (Å²) in [6, 6.07) is 17.3. The van der Waals surface area contributed by atoms with Crippen molar-refractivity contribution in [2.75, 3.05) is 10.2 Å². The number of nitrogens with two attached hydrogens (primary N) is 1. The lowest BCUT2D eigenvalue weighted by Crippen LogP contribution is -2.43. The zero-order chi connectivity index (χ0) is 22.9. The Kier molecular flexibility index (Phi) is 6.13. The summed E-state index contributed by atoms with van der Waals surface area (Å²) in [6.45, 7) is 4.00. The van der Waals surface area contributed by atoms with E-state index in [1.165, 1.54) is 0 Å². The van der Waals surface area contributed by atoms with Gasteiger partial charge in [-0.15, -0.1) is 0 Å². The highest BCUT2D eigenvalue weighted by molar-refractivity contribution is 9.10. The van der Waals surface area contributed by atoms with E-state index < -0.39 is 0 Å². The van der Waals surface area contributed by atoms with Gasteiger partial charge in [0.2, 0.25) is 0 Å². The van der Waals surface area contributed by atoms with Gasteiger partial charge in [0.25, 0.3) is 0 Å². The van der Waals surface area contributed by atoms with Crippen LogP contribution in [-0.2, 0) is 5.54 Å². The van der Waals surface area contributed by atoms with Gasteiger partial charge in [-0.25, -0.2) is 4.98 Å². The van der Waals surface area contributed by atoms with E-state index in [4.69, 9.17) is 16.6 Å². The second kappa shape index (κ2) is 8.84. The lowest BCUT2D eigenvalue weighted by molar-refractivity contribution is 0.253. The molecule has 1 fully saturated rings. The molecule has 1 aromatic heterocycles. The maximum Gasteiger partial charge on any atom is 0.154 e. The van der Waals surface area contributed by atoms with Gasteiger partial charge >= 0.3 is 0 Å². The van der Waals surface area contributed by atoms with Crippen LogP contribution in [0.15, 0.2) is 65.3 Å². The summed E-state index contributed by atoms with van der Waals surface area (Å²) >= 11 is 3.50. The largest absolute Gasteiger partial charge is 0.338 e. The fraction of sp³-hybridized carbons (Fsp3) is 0.240. The van der Waals surface area contributed by atoms with Gasteiger partial charge in [0.15, 0.2) is 5.82 Å². The minimum absolute atomic E-state index is 0.217. The number of hydrogen-bond donors (Lipinski definition) is 4. The third kappa shape index (κ3) is 3.82. The Hall–Kier alpha value is -3.03. The monoisotopic (exact) mass is 490 g/mol. The normalized spacial score (nSPS) is 15.8. The molecule has 0 saturated heterocycles. The van der Waals surface area contributed by atoms with Gasteiger partial charge in [0.05, 0.1) is 11.4 Å². The van der Waals surface area contributed by atoms with Crippen molar-refractivity contribution < 1.29 is 0 Å². The first-order chi connectivity index (χ1) is 15.5.